The van der Waals surface area contributed by atoms with Gasteiger partial charge in [0.1, 0.15) is 5.15 Å². The van der Waals surface area contributed by atoms with Crippen molar-refractivity contribution in [2.24, 2.45) is 5.10 Å². The summed E-state index contributed by atoms with van der Waals surface area (Å²) in [6.45, 7) is 0. The number of amides is 1. The first-order valence-corrected chi connectivity index (χ1v) is 7.38. The Morgan fingerprint density at radius 1 is 1.13 bits per heavy atom. The molecular formula is C16H10Cl2N4O. The molecule has 0 unspecified atom stereocenters. The summed E-state index contributed by atoms with van der Waals surface area (Å²) >= 11 is 12.1. The number of aromatic nitrogens is 2. The van der Waals surface area contributed by atoms with Crippen LogP contribution in [-0.2, 0) is 0 Å². The Morgan fingerprint density at radius 3 is 2.70 bits per heavy atom. The minimum Gasteiger partial charge on any atom is -0.267 e. The molecular weight excluding hydrogens is 335 g/mol. The van der Waals surface area contributed by atoms with E-state index in [2.05, 4.69) is 20.5 Å². The molecule has 0 atom stereocenters. The highest BCUT2D eigenvalue weighted by Gasteiger charge is 2.05. The molecule has 114 valence electrons. The molecule has 0 saturated heterocycles. The second kappa shape index (κ2) is 6.73. The van der Waals surface area contributed by atoms with Gasteiger partial charge in [-0.3, -0.25) is 9.78 Å². The van der Waals surface area contributed by atoms with Crippen molar-refractivity contribution >= 4 is 46.2 Å². The number of nitrogens with zero attached hydrogens (tertiary/aromatic N) is 3. The van der Waals surface area contributed by atoms with Gasteiger partial charge in [-0.25, -0.2) is 10.4 Å². The number of nitrogens with one attached hydrogen (secondary N) is 1. The largest absolute Gasteiger partial charge is 0.271 e. The summed E-state index contributed by atoms with van der Waals surface area (Å²) in [5.74, 6) is -0.337. The van der Waals surface area contributed by atoms with Gasteiger partial charge in [-0.05, 0) is 36.4 Å². The fourth-order valence-electron chi connectivity index (χ4n) is 1.96. The van der Waals surface area contributed by atoms with Crippen molar-refractivity contribution in [3.8, 4) is 0 Å². The zero-order valence-corrected chi connectivity index (χ0v) is 13.2. The number of carbonyl (C=O) groups excluding carboxylic acids is 1. The van der Waals surface area contributed by atoms with Crippen molar-refractivity contribution in [2.45, 2.75) is 0 Å². The maximum Gasteiger partial charge on any atom is 0.271 e. The molecule has 1 aromatic carbocycles. The second-order valence-corrected chi connectivity index (χ2v) is 5.43. The third-order valence-corrected chi connectivity index (χ3v) is 3.61. The minimum absolute atomic E-state index is 0.293. The molecule has 0 aliphatic heterocycles. The van der Waals surface area contributed by atoms with Crippen LogP contribution in [0.4, 0.5) is 0 Å². The molecule has 0 saturated carbocycles. The maximum atomic E-state index is 11.9. The zero-order valence-electron chi connectivity index (χ0n) is 11.7. The van der Waals surface area contributed by atoms with Gasteiger partial charge in [0.2, 0.25) is 0 Å². The first-order chi connectivity index (χ1) is 11.1. The van der Waals surface area contributed by atoms with E-state index in [9.17, 15) is 4.79 Å². The molecule has 1 amide bonds. The van der Waals surface area contributed by atoms with Crippen molar-refractivity contribution in [2.75, 3.05) is 0 Å². The van der Waals surface area contributed by atoms with Gasteiger partial charge in [-0.15, -0.1) is 0 Å². The van der Waals surface area contributed by atoms with Crippen LogP contribution in [0.2, 0.25) is 10.2 Å². The van der Waals surface area contributed by atoms with Crippen LogP contribution < -0.4 is 5.43 Å². The van der Waals surface area contributed by atoms with E-state index in [1.807, 2.05) is 0 Å². The number of rotatable bonds is 3. The lowest BCUT2D eigenvalue weighted by Gasteiger charge is -2.03. The Balaban J connectivity index is 1.80. The summed E-state index contributed by atoms with van der Waals surface area (Å²) in [5.41, 5.74) is 4.20. The van der Waals surface area contributed by atoms with Gasteiger partial charge in [0, 0.05) is 33.9 Å². The zero-order chi connectivity index (χ0) is 16.2. The molecule has 0 spiro atoms. The lowest BCUT2D eigenvalue weighted by atomic mass is 10.2. The first-order valence-electron chi connectivity index (χ1n) is 6.63. The summed E-state index contributed by atoms with van der Waals surface area (Å²) in [6.07, 6.45) is 4.51. The van der Waals surface area contributed by atoms with Crippen molar-refractivity contribution < 1.29 is 4.79 Å². The van der Waals surface area contributed by atoms with Crippen LogP contribution in [-0.4, -0.2) is 22.1 Å². The number of hydrogen-bond donors (Lipinski definition) is 1. The van der Waals surface area contributed by atoms with E-state index in [4.69, 9.17) is 23.2 Å². The fraction of sp³-hybridized carbons (Fsp3) is 0. The molecule has 0 bridgehead atoms. The normalized spacial score (nSPS) is 11.0. The molecule has 3 aromatic rings. The average Bonchev–Trinajstić information content (AvgIpc) is 2.56. The molecule has 5 nitrogen and oxygen atoms in total. The van der Waals surface area contributed by atoms with Gasteiger partial charge < -0.3 is 0 Å². The first kappa shape index (κ1) is 15.4. The van der Waals surface area contributed by atoms with Gasteiger partial charge in [0.15, 0.2) is 0 Å². The SMILES string of the molecule is O=C(N/N=C/c1cc2cc(Cl)ccc2nc1Cl)c1ccncc1. The van der Waals surface area contributed by atoms with Crippen LogP contribution in [0.25, 0.3) is 10.9 Å². The Labute approximate surface area is 142 Å². The van der Waals surface area contributed by atoms with Crippen LogP contribution >= 0.6 is 23.2 Å². The van der Waals surface area contributed by atoms with Gasteiger partial charge in [0.05, 0.1) is 11.7 Å². The highest BCUT2D eigenvalue weighted by atomic mass is 35.5. The Morgan fingerprint density at radius 2 is 1.91 bits per heavy atom. The third-order valence-electron chi connectivity index (χ3n) is 3.07. The molecule has 2 heterocycles. The highest BCUT2D eigenvalue weighted by Crippen LogP contribution is 2.22. The van der Waals surface area contributed by atoms with E-state index in [0.29, 0.717) is 21.3 Å². The Kier molecular flexibility index (Phi) is 4.50. The second-order valence-electron chi connectivity index (χ2n) is 4.64. The standard InChI is InChI=1S/C16H10Cl2N4O/c17-13-1-2-14-11(8-13)7-12(15(18)21-14)9-20-22-16(23)10-3-5-19-6-4-10/h1-9H,(H,22,23)/b20-9+. The number of pyridine rings is 2. The van der Waals surface area contributed by atoms with E-state index >= 15 is 0 Å². The maximum absolute atomic E-state index is 11.9. The van der Waals surface area contributed by atoms with Gasteiger partial charge in [-0.2, -0.15) is 5.10 Å². The van der Waals surface area contributed by atoms with Crippen molar-refractivity contribution in [3.63, 3.8) is 0 Å². The molecule has 0 fully saturated rings. The monoisotopic (exact) mass is 344 g/mol. The number of fused-ring (bicyclic) bond motifs is 1. The highest BCUT2D eigenvalue weighted by molar-refractivity contribution is 6.33. The van der Waals surface area contributed by atoms with Crippen molar-refractivity contribution in [1.29, 1.82) is 0 Å². The predicted octanol–water partition coefficient (Wildman–Crippen LogP) is 3.70. The predicted molar refractivity (Wildman–Crippen MR) is 91.1 cm³/mol. The smallest absolute Gasteiger partial charge is 0.267 e. The quantitative estimate of drug-likeness (QED) is 0.447. The van der Waals surface area contributed by atoms with Crippen molar-refractivity contribution in [3.05, 3.63) is 70.1 Å². The van der Waals surface area contributed by atoms with Crippen molar-refractivity contribution in [1.82, 2.24) is 15.4 Å². The van der Waals surface area contributed by atoms with Crippen LogP contribution in [0, 0.1) is 0 Å². The summed E-state index contributed by atoms with van der Waals surface area (Å²) in [7, 11) is 0. The van der Waals surface area contributed by atoms with Crippen LogP contribution in [0.3, 0.4) is 0 Å². The summed E-state index contributed by atoms with van der Waals surface area (Å²) in [6, 6.07) is 10.3. The molecule has 0 aliphatic carbocycles. The van der Waals surface area contributed by atoms with E-state index in [1.54, 1.807) is 36.4 Å². The van der Waals surface area contributed by atoms with Gasteiger partial charge in [0.25, 0.3) is 5.91 Å². The van der Waals surface area contributed by atoms with Gasteiger partial charge >= 0.3 is 0 Å². The lowest BCUT2D eigenvalue weighted by molar-refractivity contribution is 0.0955. The number of hydrogen-bond acceptors (Lipinski definition) is 4. The van der Waals surface area contributed by atoms with E-state index in [0.717, 1.165) is 10.9 Å². The van der Waals surface area contributed by atoms with Crippen LogP contribution in [0.1, 0.15) is 15.9 Å². The number of benzene rings is 1. The summed E-state index contributed by atoms with van der Waals surface area (Å²) < 4.78 is 0. The lowest BCUT2D eigenvalue weighted by Crippen LogP contribution is -2.17. The molecule has 23 heavy (non-hydrogen) atoms. The van der Waals surface area contributed by atoms with E-state index < -0.39 is 0 Å². The fourth-order valence-corrected chi connectivity index (χ4v) is 2.33. The minimum atomic E-state index is -0.337. The van der Waals surface area contributed by atoms with E-state index in [-0.39, 0.29) is 5.91 Å². The van der Waals surface area contributed by atoms with Crippen LogP contribution in [0.5, 0.6) is 0 Å². The topological polar surface area (TPSA) is 67.2 Å². The van der Waals surface area contributed by atoms with Crippen LogP contribution in [0.15, 0.2) is 53.9 Å². The molecule has 0 aliphatic rings. The van der Waals surface area contributed by atoms with E-state index in [1.165, 1.54) is 18.6 Å². The summed E-state index contributed by atoms with van der Waals surface area (Å²) in [5, 5.41) is 5.64. The number of carbonyl (C=O) groups is 1. The number of halogens is 2. The number of hydrazone groups is 1. The molecule has 1 N–H and O–H groups in total. The summed E-state index contributed by atoms with van der Waals surface area (Å²) in [4.78, 5) is 20.0. The van der Waals surface area contributed by atoms with Gasteiger partial charge in [-0.1, -0.05) is 23.2 Å². The Hall–Kier alpha value is -2.50. The molecule has 7 heteroatoms. The molecule has 3 rings (SSSR count). The average molecular weight is 345 g/mol. The Bertz CT molecular complexity index is 897. The third kappa shape index (κ3) is 3.64. The molecule has 0 radical (unpaired) electrons. The molecule has 2 aromatic heterocycles.